The molecule has 44 heavy (non-hydrogen) atoms. The van der Waals surface area contributed by atoms with Gasteiger partial charge in [-0.15, -0.1) is 0 Å². The number of hydrazone groups is 1. The second-order valence-corrected chi connectivity index (χ2v) is 10.7. The van der Waals surface area contributed by atoms with E-state index in [-0.39, 0.29) is 5.91 Å². The molecule has 0 atom stereocenters. The van der Waals surface area contributed by atoms with Gasteiger partial charge in [0, 0.05) is 44.0 Å². The van der Waals surface area contributed by atoms with Crippen molar-refractivity contribution in [2.45, 2.75) is 20.4 Å². The van der Waals surface area contributed by atoms with Crippen LogP contribution in [0.4, 0.5) is 11.4 Å². The molecule has 0 saturated carbocycles. The molecular formula is C34H44N6O4. The molecule has 3 aromatic rings. The Bertz CT molecular complexity index is 1400. The molecule has 1 aliphatic rings. The molecule has 10 nitrogen and oxygen atoms in total. The number of likely N-dealkylation sites (N-methyl/N-ethyl adjacent to an activating group) is 2. The number of carbonyl (C=O) groups is 2. The lowest BCUT2D eigenvalue weighted by Crippen LogP contribution is -2.36. The normalized spacial score (nSPS) is 13.5. The molecule has 0 aromatic heterocycles. The molecule has 0 radical (unpaired) electrons. The predicted octanol–water partition coefficient (Wildman–Crippen LogP) is 4.32. The molecule has 1 aliphatic heterocycles. The first kappa shape index (κ1) is 32.7. The molecule has 1 heterocycles. The highest BCUT2D eigenvalue weighted by Crippen LogP contribution is 2.25. The second kappa shape index (κ2) is 16.6. The molecule has 1 fully saturated rings. The van der Waals surface area contributed by atoms with Crippen LogP contribution in [0.25, 0.3) is 0 Å². The highest BCUT2D eigenvalue weighted by atomic mass is 16.5. The van der Waals surface area contributed by atoms with Crippen LogP contribution in [0.15, 0.2) is 71.8 Å². The molecule has 2 N–H and O–H groups in total. The second-order valence-electron chi connectivity index (χ2n) is 10.7. The van der Waals surface area contributed by atoms with Crippen molar-refractivity contribution in [2.24, 2.45) is 5.10 Å². The van der Waals surface area contributed by atoms with Gasteiger partial charge in [-0.05, 0) is 85.9 Å². The largest absolute Gasteiger partial charge is 0.497 e. The number of carbonyl (C=O) groups excluding carboxylic acids is 2. The fourth-order valence-corrected chi connectivity index (χ4v) is 5.01. The zero-order valence-electron chi connectivity index (χ0n) is 26.2. The van der Waals surface area contributed by atoms with E-state index >= 15 is 0 Å². The van der Waals surface area contributed by atoms with Crippen molar-refractivity contribution >= 4 is 29.4 Å². The van der Waals surface area contributed by atoms with E-state index in [0.29, 0.717) is 30.0 Å². The van der Waals surface area contributed by atoms with Gasteiger partial charge in [0.25, 0.3) is 11.8 Å². The average Bonchev–Trinajstić information content (AvgIpc) is 3.06. The van der Waals surface area contributed by atoms with E-state index in [1.165, 1.54) is 0 Å². The highest BCUT2D eigenvalue weighted by molar-refractivity contribution is 6.09. The van der Waals surface area contributed by atoms with Gasteiger partial charge in [0.05, 0.1) is 37.8 Å². The number of ether oxygens (including phenoxy) is 2. The van der Waals surface area contributed by atoms with Gasteiger partial charge in [0.1, 0.15) is 5.75 Å². The zero-order chi connectivity index (χ0) is 31.3. The van der Waals surface area contributed by atoms with Gasteiger partial charge in [-0.25, -0.2) is 5.43 Å². The first-order valence-corrected chi connectivity index (χ1v) is 15.2. The average molecular weight is 601 g/mol. The molecule has 234 valence electrons. The van der Waals surface area contributed by atoms with Gasteiger partial charge >= 0.3 is 0 Å². The van der Waals surface area contributed by atoms with Gasteiger partial charge in [-0.2, -0.15) is 5.10 Å². The molecule has 2 amide bonds. The number of rotatable bonds is 14. The Labute approximate surface area is 260 Å². The van der Waals surface area contributed by atoms with Crippen LogP contribution in [0.5, 0.6) is 5.75 Å². The summed E-state index contributed by atoms with van der Waals surface area (Å²) in [5.41, 5.74) is 6.61. The molecule has 1 saturated heterocycles. The Morgan fingerprint density at radius 1 is 0.977 bits per heavy atom. The molecule has 0 spiro atoms. The Kier molecular flexibility index (Phi) is 12.3. The van der Waals surface area contributed by atoms with E-state index in [0.717, 1.165) is 68.4 Å². The van der Waals surface area contributed by atoms with Gasteiger partial charge in [0.15, 0.2) is 0 Å². The Balaban J connectivity index is 1.48. The number of hydrogen-bond acceptors (Lipinski definition) is 8. The summed E-state index contributed by atoms with van der Waals surface area (Å²) in [5.74, 6) is 0.0237. The van der Waals surface area contributed by atoms with E-state index in [4.69, 9.17) is 9.47 Å². The summed E-state index contributed by atoms with van der Waals surface area (Å²) < 4.78 is 10.7. The minimum atomic E-state index is -0.427. The van der Waals surface area contributed by atoms with Crippen LogP contribution in [0, 0.1) is 0 Å². The Hall–Kier alpha value is -4.25. The lowest BCUT2D eigenvalue weighted by molar-refractivity contribution is 0.0956. The summed E-state index contributed by atoms with van der Waals surface area (Å²) >= 11 is 0. The van der Waals surface area contributed by atoms with Gasteiger partial charge in [0.2, 0.25) is 0 Å². The number of hydrogen-bond donors (Lipinski definition) is 2. The van der Waals surface area contributed by atoms with E-state index in [1.54, 1.807) is 31.5 Å². The van der Waals surface area contributed by atoms with Crippen molar-refractivity contribution in [3.8, 4) is 5.75 Å². The van der Waals surface area contributed by atoms with Crippen molar-refractivity contribution in [2.75, 3.05) is 76.9 Å². The van der Waals surface area contributed by atoms with E-state index in [2.05, 4.69) is 51.4 Å². The molecule has 3 aromatic carbocycles. The van der Waals surface area contributed by atoms with E-state index in [9.17, 15) is 9.59 Å². The third-order valence-electron chi connectivity index (χ3n) is 7.70. The van der Waals surface area contributed by atoms with Gasteiger partial charge in [-0.3, -0.25) is 9.59 Å². The Morgan fingerprint density at radius 2 is 1.73 bits per heavy atom. The molecule has 10 heteroatoms. The maximum Gasteiger partial charge on any atom is 0.273 e. The predicted molar refractivity (Wildman–Crippen MR) is 176 cm³/mol. The van der Waals surface area contributed by atoms with Crippen molar-refractivity contribution in [3.05, 3.63) is 89.0 Å². The quantitative estimate of drug-likeness (QED) is 0.210. The molecule has 0 unspecified atom stereocenters. The number of amides is 2. The lowest BCUT2D eigenvalue weighted by Gasteiger charge is -2.29. The van der Waals surface area contributed by atoms with Crippen LogP contribution in [-0.4, -0.2) is 94.5 Å². The number of morpholine rings is 1. The van der Waals surface area contributed by atoms with Crippen LogP contribution in [0.1, 0.15) is 45.7 Å². The monoisotopic (exact) mass is 600 g/mol. The first-order valence-electron chi connectivity index (χ1n) is 15.2. The standard InChI is InChI=1S/C34H44N6O4/c1-5-39(6-2)17-16-38(3)25-27-8-7-9-28(22-27)33(41)36-32-15-12-29(40-18-20-44-21-19-40)23-31(32)34(42)37-35-24-26-10-13-30(43-4)14-11-26/h7-15,22-24H,5-6,16-21,25H2,1-4H3,(H,36,41)(H,37,42)/b35-24+. The Morgan fingerprint density at radius 3 is 2.43 bits per heavy atom. The summed E-state index contributed by atoms with van der Waals surface area (Å²) in [5, 5.41) is 7.12. The maximum absolute atomic E-state index is 13.4. The van der Waals surface area contributed by atoms with Gasteiger partial charge in [-0.1, -0.05) is 26.0 Å². The number of anilines is 2. The summed E-state index contributed by atoms with van der Waals surface area (Å²) in [6.07, 6.45) is 1.56. The van der Waals surface area contributed by atoms with Crippen LogP contribution in [0.3, 0.4) is 0 Å². The van der Waals surface area contributed by atoms with E-state index in [1.807, 2.05) is 48.5 Å². The molecule has 0 aliphatic carbocycles. The van der Waals surface area contributed by atoms with Crippen LogP contribution in [0.2, 0.25) is 0 Å². The van der Waals surface area contributed by atoms with Gasteiger partial charge < -0.3 is 29.5 Å². The van der Waals surface area contributed by atoms with Crippen LogP contribution < -0.4 is 20.4 Å². The third-order valence-corrected chi connectivity index (χ3v) is 7.70. The number of benzene rings is 3. The zero-order valence-corrected chi connectivity index (χ0v) is 26.2. The van der Waals surface area contributed by atoms with Crippen molar-refractivity contribution < 1.29 is 19.1 Å². The summed E-state index contributed by atoms with van der Waals surface area (Å²) in [4.78, 5) is 33.6. The van der Waals surface area contributed by atoms with Crippen molar-refractivity contribution in [3.63, 3.8) is 0 Å². The van der Waals surface area contributed by atoms with E-state index < -0.39 is 5.91 Å². The molecule has 0 bridgehead atoms. The smallest absolute Gasteiger partial charge is 0.273 e. The maximum atomic E-state index is 13.4. The highest BCUT2D eigenvalue weighted by Gasteiger charge is 2.19. The van der Waals surface area contributed by atoms with Crippen molar-refractivity contribution in [1.29, 1.82) is 0 Å². The van der Waals surface area contributed by atoms with Crippen molar-refractivity contribution in [1.82, 2.24) is 15.2 Å². The fourth-order valence-electron chi connectivity index (χ4n) is 5.01. The fraction of sp³-hybridized carbons (Fsp3) is 0.382. The SMILES string of the molecule is CCN(CC)CCN(C)Cc1cccc(C(=O)Nc2ccc(N3CCOCC3)cc2C(=O)N/N=C/c2ccc(OC)cc2)c1. The summed E-state index contributed by atoms with van der Waals surface area (Å²) in [6.45, 7) is 11.8. The first-order chi connectivity index (χ1) is 21.4. The minimum absolute atomic E-state index is 0.285. The topological polar surface area (TPSA) is 98.7 Å². The summed E-state index contributed by atoms with van der Waals surface area (Å²) in [6, 6.07) is 20.4. The number of nitrogens with zero attached hydrogens (tertiary/aromatic N) is 4. The minimum Gasteiger partial charge on any atom is -0.497 e. The third kappa shape index (κ3) is 9.37. The van der Waals surface area contributed by atoms with Crippen LogP contribution in [-0.2, 0) is 11.3 Å². The van der Waals surface area contributed by atoms with Crippen LogP contribution >= 0.6 is 0 Å². The molecule has 4 rings (SSSR count). The number of methoxy groups -OCH3 is 1. The molecular weight excluding hydrogens is 556 g/mol. The lowest BCUT2D eigenvalue weighted by atomic mass is 10.1. The summed E-state index contributed by atoms with van der Waals surface area (Å²) in [7, 11) is 3.70. The number of nitrogens with one attached hydrogen (secondary N) is 2.